The summed E-state index contributed by atoms with van der Waals surface area (Å²) in [6.07, 6.45) is -0.803. The third kappa shape index (κ3) is 7.59. The van der Waals surface area contributed by atoms with Crippen LogP contribution in [0.5, 0.6) is 5.75 Å². The molecule has 0 saturated carbocycles. The molecule has 1 N–H and O–H groups in total. The van der Waals surface area contributed by atoms with Crippen LogP contribution in [-0.2, 0) is 4.79 Å². The molecule has 2 heterocycles. The van der Waals surface area contributed by atoms with Crippen LogP contribution in [0.25, 0.3) is 17.8 Å². The van der Waals surface area contributed by atoms with E-state index in [1.54, 1.807) is 0 Å². The second-order valence-electron chi connectivity index (χ2n) is 10.3. The van der Waals surface area contributed by atoms with Crippen LogP contribution in [0.3, 0.4) is 0 Å². The molecular formula is C31H25F5N6O3S. The summed E-state index contributed by atoms with van der Waals surface area (Å²) >= 11 is 1.05. The molecule has 0 spiro atoms. The Balaban J connectivity index is 1.29. The topological polar surface area (TPSA) is 102 Å². The number of aromatic nitrogens is 3. The number of hydrogen-bond donors (Lipinski definition) is 1. The summed E-state index contributed by atoms with van der Waals surface area (Å²) in [6, 6.07) is 11.5. The van der Waals surface area contributed by atoms with Crippen LogP contribution in [0.4, 0.5) is 38.1 Å². The Labute approximate surface area is 263 Å². The minimum absolute atomic E-state index is 0.0532. The molecule has 46 heavy (non-hydrogen) atoms. The summed E-state index contributed by atoms with van der Waals surface area (Å²) in [4.78, 5) is 34.9. The van der Waals surface area contributed by atoms with Gasteiger partial charge < -0.3 is 10.1 Å². The number of ether oxygens (including phenoxy) is 1. The summed E-state index contributed by atoms with van der Waals surface area (Å²) in [6.45, 7) is 5.82. The van der Waals surface area contributed by atoms with Gasteiger partial charge in [-0.05, 0) is 78.1 Å². The molecule has 1 aromatic heterocycles. The lowest BCUT2D eigenvalue weighted by Gasteiger charge is -2.22. The predicted molar refractivity (Wildman–Crippen MR) is 165 cm³/mol. The van der Waals surface area contributed by atoms with Crippen LogP contribution >= 0.6 is 11.8 Å². The zero-order valence-corrected chi connectivity index (χ0v) is 25.3. The Kier molecular flexibility index (Phi) is 9.23. The average Bonchev–Trinajstić information content (AvgIpc) is 3.59. The first-order valence-corrected chi connectivity index (χ1v) is 14.7. The first kappa shape index (κ1) is 32.3. The fourth-order valence-electron chi connectivity index (χ4n) is 4.50. The second-order valence-corrected chi connectivity index (χ2v) is 11.3. The van der Waals surface area contributed by atoms with Crippen LogP contribution in [0, 0.1) is 18.6 Å². The van der Waals surface area contributed by atoms with Crippen molar-refractivity contribution in [2.24, 2.45) is 4.99 Å². The molecule has 0 atom stereocenters. The van der Waals surface area contributed by atoms with E-state index in [-0.39, 0.29) is 34.1 Å². The number of amides is 3. The van der Waals surface area contributed by atoms with E-state index >= 15 is 0 Å². The van der Waals surface area contributed by atoms with Crippen molar-refractivity contribution >= 4 is 52.4 Å². The van der Waals surface area contributed by atoms with Gasteiger partial charge >= 0.3 is 12.4 Å². The number of carbonyl (C=O) groups excluding carboxylic acids is 2. The molecule has 0 unspecified atom stereocenters. The van der Waals surface area contributed by atoms with Gasteiger partial charge in [-0.25, -0.2) is 23.2 Å². The predicted octanol–water partition coefficient (Wildman–Crippen LogP) is 7.71. The number of aliphatic imine (C=N–C) groups is 1. The number of carbonyl (C=O) groups is 2. The molecule has 4 aromatic rings. The van der Waals surface area contributed by atoms with Crippen molar-refractivity contribution in [1.29, 1.82) is 0 Å². The van der Waals surface area contributed by atoms with Gasteiger partial charge in [-0.3, -0.25) is 9.69 Å². The Morgan fingerprint density at radius 2 is 1.76 bits per heavy atom. The lowest BCUT2D eigenvalue weighted by molar-refractivity contribution is -0.274. The molecule has 1 aliphatic rings. The van der Waals surface area contributed by atoms with Crippen molar-refractivity contribution in [2.75, 3.05) is 16.0 Å². The maximum absolute atomic E-state index is 14.9. The first-order chi connectivity index (χ1) is 21.8. The van der Waals surface area contributed by atoms with Crippen molar-refractivity contribution in [1.82, 2.24) is 14.8 Å². The van der Waals surface area contributed by atoms with Gasteiger partial charge in [-0.2, -0.15) is 4.99 Å². The van der Waals surface area contributed by atoms with Crippen molar-refractivity contribution in [3.05, 3.63) is 95.1 Å². The fourth-order valence-corrected chi connectivity index (χ4v) is 5.35. The number of thioether (sulfide) groups is 1. The standard InChI is InChI=1S/C31H25F5N6O3S/c1-17(2)22-10-4-18(3)12-25(22)42-27(43)15-46-30(42)39-29(44)38-28-23(32)13-19(14-24(28)33)5-11-26-37-16-41(40-26)20-6-8-21(9-7-20)45-31(34,35)36/h4-14,16-17H,15H2,1-3H3,(H,38,44)/b11-5+,39-30-. The smallest absolute Gasteiger partial charge is 0.406 e. The number of benzene rings is 3. The van der Waals surface area contributed by atoms with Gasteiger partial charge in [0.1, 0.15) is 29.4 Å². The van der Waals surface area contributed by atoms with Crippen molar-refractivity contribution < 1.29 is 36.3 Å². The summed E-state index contributed by atoms with van der Waals surface area (Å²) in [5.74, 6) is -2.53. The number of urea groups is 1. The monoisotopic (exact) mass is 656 g/mol. The van der Waals surface area contributed by atoms with E-state index in [9.17, 15) is 31.5 Å². The fraction of sp³-hybridized carbons (Fsp3) is 0.194. The molecule has 9 nitrogen and oxygen atoms in total. The highest BCUT2D eigenvalue weighted by Crippen LogP contribution is 2.34. The Hall–Kier alpha value is -5.05. The van der Waals surface area contributed by atoms with Crippen LogP contribution in [0.2, 0.25) is 0 Å². The highest BCUT2D eigenvalue weighted by atomic mass is 32.2. The number of aryl methyl sites for hydroxylation is 1. The third-order valence-electron chi connectivity index (χ3n) is 6.58. The SMILES string of the molecule is Cc1ccc(C(C)C)c(N2C(=O)CS/C2=N\C(=O)Nc2c(F)cc(/C=C/c3ncn(-c4ccc(OC(F)(F)F)cc4)n3)cc2F)c1. The highest BCUT2D eigenvalue weighted by Gasteiger charge is 2.33. The number of nitrogens with zero attached hydrogens (tertiary/aromatic N) is 5. The van der Waals surface area contributed by atoms with E-state index in [0.29, 0.717) is 11.4 Å². The summed E-state index contributed by atoms with van der Waals surface area (Å²) in [5, 5.41) is 6.39. The molecule has 1 fully saturated rings. The second kappa shape index (κ2) is 13.1. The van der Waals surface area contributed by atoms with Gasteiger partial charge in [0.05, 0.1) is 17.1 Å². The maximum Gasteiger partial charge on any atom is 0.573 e. The Bertz CT molecular complexity index is 1830. The number of halogens is 5. The molecule has 238 valence electrons. The van der Waals surface area contributed by atoms with Gasteiger partial charge in [0.2, 0.25) is 5.91 Å². The molecule has 1 aliphatic heterocycles. The van der Waals surface area contributed by atoms with Crippen LogP contribution in [0.1, 0.15) is 42.3 Å². The lowest BCUT2D eigenvalue weighted by atomic mass is 9.99. The summed E-state index contributed by atoms with van der Waals surface area (Å²) in [7, 11) is 0. The lowest BCUT2D eigenvalue weighted by Crippen LogP contribution is -2.31. The van der Waals surface area contributed by atoms with E-state index in [0.717, 1.165) is 47.2 Å². The molecule has 1 saturated heterocycles. The van der Waals surface area contributed by atoms with Gasteiger partial charge in [0.25, 0.3) is 0 Å². The van der Waals surface area contributed by atoms with E-state index in [1.165, 1.54) is 40.2 Å². The van der Waals surface area contributed by atoms with Gasteiger partial charge in [-0.15, -0.1) is 18.3 Å². The zero-order chi connectivity index (χ0) is 33.2. The molecule has 0 bridgehead atoms. The molecule has 3 amide bonds. The van der Waals surface area contributed by atoms with Crippen molar-refractivity contribution in [3.8, 4) is 11.4 Å². The third-order valence-corrected chi connectivity index (χ3v) is 7.50. The Morgan fingerprint density at radius 1 is 1.07 bits per heavy atom. The molecule has 15 heteroatoms. The molecule has 5 rings (SSSR count). The average molecular weight is 657 g/mol. The first-order valence-electron chi connectivity index (χ1n) is 13.7. The number of rotatable bonds is 7. The number of anilines is 2. The van der Waals surface area contributed by atoms with Crippen LogP contribution in [-0.4, -0.2) is 44.0 Å². The molecule has 0 radical (unpaired) electrons. The van der Waals surface area contributed by atoms with E-state index in [4.69, 9.17) is 0 Å². The number of hydrogen-bond acceptors (Lipinski definition) is 6. The minimum atomic E-state index is -4.82. The number of nitrogens with one attached hydrogen (secondary N) is 1. The number of amidine groups is 1. The summed E-state index contributed by atoms with van der Waals surface area (Å²) < 4.78 is 72.1. The van der Waals surface area contributed by atoms with E-state index < -0.39 is 35.5 Å². The normalized spacial score (nSPS) is 14.6. The molecular weight excluding hydrogens is 631 g/mol. The molecule has 0 aliphatic carbocycles. The van der Waals surface area contributed by atoms with Crippen molar-refractivity contribution in [3.63, 3.8) is 0 Å². The van der Waals surface area contributed by atoms with E-state index in [1.807, 2.05) is 39.0 Å². The van der Waals surface area contributed by atoms with Crippen LogP contribution in [0.15, 0.2) is 65.9 Å². The number of alkyl halides is 3. The van der Waals surface area contributed by atoms with Crippen molar-refractivity contribution in [2.45, 2.75) is 33.1 Å². The quantitative estimate of drug-likeness (QED) is 0.205. The summed E-state index contributed by atoms with van der Waals surface area (Å²) in [5.41, 5.74) is 2.15. The largest absolute Gasteiger partial charge is 0.573 e. The maximum atomic E-state index is 14.9. The minimum Gasteiger partial charge on any atom is -0.406 e. The van der Waals surface area contributed by atoms with Crippen LogP contribution < -0.4 is 15.0 Å². The molecule has 3 aromatic carbocycles. The van der Waals surface area contributed by atoms with E-state index in [2.05, 4.69) is 25.1 Å². The van der Waals surface area contributed by atoms with Gasteiger partial charge in [-0.1, -0.05) is 43.8 Å². The highest BCUT2D eigenvalue weighted by molar-refractivity contribution is 8.15. The Morgan fingerprint density at radius 3 is 2.41 bits per heavy atom. The van der Waals surface area contributed by atoms with Gasteiger partial charge in [0.15, 0.2) is 11.0 Å². The van der Waals surface area contributed by atoms with Gasteiger partial charge in [0, 0.05) is 0 Å². The zero-order valence-electron chi connectivity index (χ0n) is 24.5.